The summed E-state index contributed by atoms with van der Waals surface area (Å²) in [5.41, 5.74) is 2.00. The van der Waals surface area contributed by atoms with Crippen LogP contribution in [0, 0.1) is 5.92 Å². The summed E-state index contributed by atoms with van der Waals surface area (Å²) in [4.78, 5) is 39.4. The van der Waals surface area contributed by atoms with Gasteiger partial charge in [-0.05, 0) is 57.2 Å². The number of nitrogens with zero attached hydrogens (tertiary/aromatic N) is 1. The molecule has 2 unspecified atom stereocenters. The van der Waals surface area contributed by atoms with E-state index >= 15 is 0 Å². The lowest BCUT2D eigenvalue weighted by molar-refractivity contribution is -0.126. The van der Waals surface area contributed by atoms with E-state index in [1.54, 1.807) is 4.90 Å². The second-order valence-electron chi connectivity index (χ2n) is 9.39. The summed E-state index contributed by atoms with van der Waals surface area (Å²) in [5, 5.41) is 2.88. The number of nitrogens with one attached hydrogen (secondary N) is 1. The molecule has 1 fully saturated rings. The van der Waals surface area contributed by atoms with Crippen molar-refractivity contribution in [3.05, 3.63) is 29.3 Å². The number of ketones is 1. The lowest BCUT2D eigenvalue weighted by Crippen LogP contribution is -2.42. The summed E-state index contributed by atoms with van der Waals surface area (Å²) < 4.78 is 5.62. The summed E-state index contributed by atoms with van der Waals surface area (Å²) in [6.45, 7) is 9.99. The van der Waals surface area contributed by atoms with Crippen LogP contribution < -0.4 is 5.32 Å². The molecule has 3 rings (SSSR count). The van der Waals surface area contributed by atoms with E-state index in [4.69, 9.17) is 4.74 Å². The molecule has 29 heavy (non-hydrogen) atoms. The maximum Gasteiger partial charge on any atom is 0.410 e. The molecule has 2 aliphatic rings. The van der Waals surface area contributed by atoms with Crippen LogP contribution in [0.1, 0.15) is 83.4 Å². The predicted octanol–water partition coefficient (Wildman–Crippen LogP) is 4.80. The van der Waals surface area contributed by atoms with E-state index in [0.717, 1.165) is 30.4 Å². The van der Waals surface area contributed by atoms with Crippen molar-refractivity contribution >= 4 is 23.5 Å². The van der Waals surface area contributed by atoms with Crippen LogP contribution in [-0.4, -0.2) is 34.8 Å². The number of hydrogen-bond acceptors (Lipinski definition) is 4. The van der Waals surface area contributed by atoms with Crippen molar-refractivity contribution in [3.63, 3.8) is 0 Å². The molecule has 158 valence electrons. The fraction of sp³-hybridized carbons (Fsp3) is 0.609. The quantitative estimate of drug-likeness (QED) is 0.791. The molecule has 1 aromatic carbocycles. The largest absolute Gasteiger partial charge is 0.444 e. The van der Waals surface area contributed by atoms with Gasteiger partial charge in [-0.25, -0.2) is 4.79 Å². The van der Waals surface area contributed by atoms with Crippen LogP contribution in [-0.2, 0) is 14.3 Å². The van der Waals surface area contributed by atoms with Crippen molar-refractivity contribution in [2.45, 2.75) is 77.9 Å². The predicted molar refractivity (Wildman–Crippen MR) is 112 cm³/mol. The number of piperidine rings is 1. The maximum absolute atomic E-state index is 12.8. The Morgan fingerprint density at radius 2 is 1.93 bits per heavy atom. The van der Waals surface area contributed by atoms with E-state index in [2.05, 4.69) is 5.32 Å². The Morgan fingerprint density at radius 1 is 1.21 bits per heavy atom. The molecule has 2 amide bonds. The highest BCUT2D eigenvalue weighted by molar-refractivity contribution is 6.02. The van der Waals surface area contributed by atoms with E-state index in [1.165, 1.54) is 0 Å². The number of amides is 2. The standard InChI is InChI=1S/C23H32N2O4/c1-14(2)21(27)17-13-20(26)24-18-10-9-15(12-16(17)18)19-8-6-7-11-25(19)22(28)29-23(3,4)5/h9-10,12,14,17,19H,6-8,11,13H2,1-5H3,(H,24,26). The van der Waals surface area contributed by atoms with Crippen molar-refractivity contribution in [1.82, 2.24) is 4.90 Å². The Balaban J connectivity index is 1.94. The van der Waals surface area contributed by atoms with Crippen LogP contribution >= 0.6 is 0 Å². The third-order valence-corrected chi connectivity index (χ3v) is 5.54. The number of benzene rings is 1. The van der Waals surface area contributed by atoms with Crippen LogP contribution in [0.15, 0.2) is 18.2 Å². The van der Waals surface area contributed by atoms with Crippen LogP contribution in [0.5, 0.6) is 0 Å². The van der Waals surface area contributed by atoms with E-state index in [1.807, 2.05) is 52.8 Å². The number of ether oxygens (including phenoxy) is 1. The van der Waals surface area contributed by atoms with Gasteiger partial charge in [0.15, 0.2) is 0 Å². The third-order valence-electron chi connectivity index (χ3n) is 5.54. The first-order chi connectivity index (χ1) is 13.6. The topological polar surface area (TPSA) is 75.7 Å². The lowest BCUT2D eigenvalue weighted by Gasteiger charge is -2.37. The molecular formula is C23H32N2O4. The first kappa shape index (κ1) is 21.3. The highest BCUT2D eigenvalue weighted by Gasteiger charge is 2.35. The second-order valence-corrected chi connectivity index (χ2v) is 9.39. The molecule has 6 heteroatoms. The average molecular weight is 401 g/mol. The number of anilines is 1. The van der Waals surface area contributed by atoms with Crippen LogP contribution in [0.4, 0.5) is 10.5 Å². The maximum atomic E-state index is 12.8. The molecule has 0 aromatic heterocycles. The van der Waals surface area contributed by atoms with E-state index in [0.29, 0.717) is 12.2 Å². The van der Waals surface area contributed by atoms with Crippen molar-refractivity contribution in [2.75, 3.05) is 11.9 Å². The summed E-state index contributed by atoms with van der Waals surface area (Å²) >= 11 is 0. The molecule has 1 saturated heterocycles. The fourth-order valence-electron chi connectivity index (χ4n) is 4.16. The zero-order valence-corrected chi connectivity index (χ0v) is 18.1. The molecule has 0 spiro atoms. The number of fused-ring (bicyclic) bond motifs is 1. The highest BCUT2D eigenvalue weighted by Crippen LogP contribution is 2.39. The summed E-state index contributed by atoms with van der Waals surface area (Å²) in [5.74, 6) is -0.629. The Morgan fingerprint density at radius 3 is 2.59 bits per heavy atom. The third kappa shape index (κ3) is 4.80. The first-order valence-electron chi connectivity index (χ1n) is 10.5. The van der Waals surface area contributed by atoms with E-state index in [9.17, 15) is 14.4 Å². The molecule has 2 aliphatic heterocycles. The van der Waals surface area contributed by atoms with Gasteiger partial charge >= 0.3 is 6.09 Å². The van der Waals surface area contributed by atoms with E-state index in [-0.39, 0.29) is 36.2 Å². The Bertz CT molecular complexity index is 810. The van der Waals surface area contributed by atoms with Crippen LogP contribution in [0.25, 0.3) is 0 Å². The van der Waals surface area contributed by atoms with Gasteiger partial charge in [0, 0.05) is 24.6 Å². The minimum Gasteiger partial charge on any atom is -0.444 e. The summed E-state index contributed by atoms with van der Waals surface area (Å²) in [6.07, 6.45) is 2.71. The zero-order valence-electron chi connectivity index (χ0n) is 18.1. The van der Waals surface area contributed by atoms with Gasteiger partial charge in [-0.1, -0.05) is 26.0 Å². The summed E-state index contributed by atoms with van der Waals surface area (Å²) in [7, 11) is 0. The molecule has 1 N–H and O–H groups in total. The second kappa shape index (κ2) is 8.17. The molecule has 0 saturated carbocycles. The van der Waals surface area contributed by atoms with Crippen molar-refractivity contribution in [3.8, 4) is 0 Å². The Hall–Kier alpha value is -2.37. The van der Waals surface area contributed by atoms with Gasteiger partial charge in [-0.2, -0.15) is 0 Å². The molecule has 0 radical (unpaired) electrons. The number of hydrogen-bond donors (Lipinski definition) is 1. The van der Waals surface area contributed by atoms with Gasteiger partial charge in [0.25, 0.3) is 0 Å². The SMILES string of the molecule is CC(C)C(=O)C1CC(=O)Nc2ccc(C3CCCCN3C(=O)OC(C)(C)C)cc21. The number of carbonyl (C=O) groups excluding carboxylic acids is 3. The lowest BCUT2D eigenvalue weighted by atomic mass is 9.81. The summed E-state index contributed by atoms with van der Waals surface area (Å²) in [6, 6.07) is 5.74. The van der Waals surface area contributed by atoms with Gasteiger partial charge in [-0.3, -0.25) is 9.59 Å². The van der Waals surface area contributed by atoms with Gasteiger partial charge < -0.3 is 15.0 Å². The average Bonchev–Trinajstić information content (AvgIpc) is 2.65. The number of Topliss-reactive ketones (excluding diaryl/α,β-unsaturated/α-hetero) is 1. The van der Waals surface area contributed by atoms with Crippen molar-refractivity contribution < 1.29 is 19.1 Å². The Kier molecular flexibility index (Phi) is 6.01. The van der Waals surface area contributed by atoms with Gasteiger partial charge in [0.05, 0.1) is 12.0 Å². The number of carbonyl (C=O) groups is 3. The molecule has 2 heterocycles. The van der Waals surface area contributed by atoms with Crippen LogP contribution in [0.3, 0.4) is 0 Å². The fourth-order valence-corrected chi connectivity index (χ4v) is 4.16. The molecular weight excluding hydrogens is 368 g/mol. The van der Waals surface area contributed by atoms with E-state index < -0.39 is 11.5 Å². The monoisotopic (exact) mass is 400 g/mol. The molecule has 6 nitrogen and oxygen atoms in total. The van der Waals surface area contributed by atoms with Gasteiger partial charge in [0.2, 0.25) is 5.91 Å². The smallest absolute Gasteiger partial charge is 0.410 e. The molecule has 1 aromatic rings. The minimum atomic E-state index is -0.548. The van der Waals surface area contributed by atoms with Gasteiger partial charge in [-0.15, -0.1) is 0 Å². The molecule has 2 atom stereocenters. The van der Waals surface area contributed by atoms with Gasteiger partial charge in [0.1, 0.15) is 11.4 Å². The highest BCUT2D eigenvalue weighted by atomic mass is 16.6. The van der Waals surface area contributed by atoms with Crippen molar-refractivity contribution in [1.29, 1.82) is 0 Å². The molecule has 0 aliphatic carbocycles. The number of likely N-dealkylation sites (tertiary alicyclic amines) is 1. The first-order valence-corrected chi connectivity index (χ1v) is 10.5. The van der Waals surface area contributed by atoms with Crippen molar-refractivity contribution in [2.24, 2.45) is 5.92 Å². The Labute approximate surface area is 173 Å². The normalized spacial score (nSPS) is 22.1. The number of rotatable bonds is 3. The molecule has 0 bridgehead atoms. The zero-order chi connectivity index (χ0) is 21.3. The van der Waals surface area contributed by atoms with Crippen LogP contribution in [0.2, 0.25) is 0 Å². The minimum absolute atomic E-state index is 0.0749.